The Bertz CT molecular complexity index is 529. The number of nitrogens with one attached hydrogen (secondary N) is 1. The molecule has 1 N–H and O–H groups in total. The van der Waals surface area contributed by atoms with E-state index in [9.17, 15) is 4.39 Å². The third kappa shape index (κ3) is 3.01. The molecule has 90 valence electrons. The lowest BCUT2D eigenvalue weighted by atomic mass is 10.1. The second-order valence-corrected chi connectivity index (χ2v) is 5.76. The van der Waals surface area contributed by atoms with Crippen LogP contribution >= 0.6 is 27.3 Å². The zero-order chi connectivity index (χ0) is 12.4. The molecule has 0 amide bonds. The van der Waals surface area contributed by atoms with Gasteiger partial charge < -0.3 is 5.32 Å². The van der Waals surface area contributed by atoms with Crippen molar-refractivity contribution >= 4 is 32.4 Å². The monoisotopic (exact) mass is 315 g/mol. The van der Waals surface area contributed by atoms with Crippen LogP contribution in [0.1, 0.15) is 23.5 Å². The minimum absolute atomic E-state index is 0.153. The molecule has 3 nitrogen and oxygen atoms in total. The summed E-state index contributed by atoms with van der Waals surface area (Å²) < 4.78 is 14.5. The van der Waals surface area contributed by atoms with Gasteiger partial charge in [-0.3, -0.25) is 0 Å². The molecule has 17 heavy (non-hydrogen) atoms. The number of rotatable bonds is 3. The largest absolute Gasteiger partial charge is 0.353 e. The predicted octanol–water partition coefficient (Wildman–Crippen LogP) is 3.92. The second-order valence-electron chi connectivity index (χ2n) is 3.66. The first-order valence-electron chi connectivity index (χ1n) is 5.08. The lowest BCUT2D eigenvalue weighted by Crippen LogP contribution is -2.08. The first-order chi connectivity index (χ1) is 8.06. The van der Waals surface area contributed by atoms with Crippen LogP contribution in [-0.4, -0.2) is 10.2 Å². The highest BCUT2D eigenvalue weighted by Crippen LogP contribution is 2.25. The summed E-state index contributed by atoms with van der Waals surface area (Å²) in [5.74, 6) is -0.227. The Morgan fingerprint density at radius 3 is 2.82 bits per heavy atom. The van der Waals surface area contributed by atoms with Gasteiger partial charge in [-0.25, -0.2) is 4.39 Å². The normalized spacial score (nSPS) is 12.5. The maximum atomic E-state index is 13.6. The minimum Gasteiger partial charge on any atom is -0.353 e. The topological polar surface area (TPSA) is 37.8 Å². The fourth-order valence-electron chi connectivity index (χ4n) is 1.46. The second kappa shape index (κ2) is 5.10. The van der Waals surface area contributed by atoms with Crippen LogP contribution in [0.2, 0.25) is 0 Å². The van der Waals surface area contributed by atoms with Crippen LogP contribution in [0.25, 0.3) is 0 Å². The summed E-state index contributed by atoms with van der Waals surface area (Å²) >= 11 is 4.79. The van der Waals surface area contributed by atoms with E-state index in [2.05, 4.69) is 31.4 Å². The highest BCUT2D eigenvalue weighted by molar-refractivity contribution is 9.10. The molecule has 0 fully saturated rings. The fourth-order valence-corrected chi connectivity index (χ4v) is 2.52. The highest BCUT2D eigenvalue weighted by Gasteiger charge is 2.13. The van der Waals surface area contributed by atoms with Crippen LogP contribution in [0.3, 0.4) is 0 Å². The van der Waals surface area contributed by atoms with Gasteiger partial charge in [-0.2, -0.15) is 0 Å². The fraction of sp³-hybridized carbons (Fsp3) is 0.273. The van der Waals surface area contributed by atoms with Crippen molar-refractivity contribution in [1.82, 2.24) is 10.2 Å². The molecule has 0 aliphatic heterocycles. The summed E-state index contributed by atoms with van der Waals surface area (Å²) in [6.45, 7) is 3.77. The van der Waals surface area contributed by atoms with Gasteiger partial charge in [-0.15, -0.1) is 10.2 Å². The molecule has 1 aromatic heterocycles. The van der Waals surface area contributed by atoms with Gasteiger partial charge in [0, 0.05) is 10.0 Å². The van der Waals surface area contributed by atoms with Crippen LogP contribution in [0.15, 0.2) is 22.7 Å². The summed E-state index contributed by atoms with van der Waals surface area (Å²) in [6.07, 6.45) is 0. The molecule has 1 atom stereocenters. The molecule has 0 saturated heterocycles. The molecular formula is C11H11BrFN3S. The van der Waals surface area contributed by atoms with E-state index >= 15 is 0 Å². The van der Waals surface area contributed by atoms with Crippen molar-refractivity contribution in [2.75, 3.05) is 5.32 Å². The third-order valence-corrected chi connectivity index (χ3v) is 3.55. The van der Waals surface area contributed by atoms with Crippen molar-refractivity contribution < 1.29 is 4.39 Å². The van der Waals surface area contributed by atoms with Crippen LogP contribution in [0.5, 0.6) is 0 Å². The van der Waals surface area contributed by atoms with Crippen LogP contribution in [0, 0.1) is 12.7 Å². The Kier molecular flexibility index (Phi) is 3.73. The van der Waals surface area contributed by atoms with Gasteiger partial charge in [0.05, 0.1) is 6.04 Å². The summed E-state index contributed by atoms with van der Waals surface area (Å²) in [5, 5.41) is 12.6. The van der Waals surface area contributed by atoms with Crippen LogP contribution in [0.4, 0.5) is 9.52 Å². The maximum absolute atomic E-state index is 13.6. The lowest BCUT2D eigenvalue weighted by molar-refractivity contribution is 0.599. The molecule has 2 aromatic rings. The zero-order valence-corrected chi connectivity index (χ0v) is 11.8. The van der Waals surface area contributed by atoms with Gasteiger partial charge in [0.15, 0.2) is 0 Å². The van der Waals surface area contributed by atoms with Gasteiger partial charge in [0.1, 0.15) is 10.8 Å². The van der Waals surface area contributed by atoms with E-state index in [0.29, 0.717) is 10.7 Å². The van der Waals surface area contributed by atoms with E-state index in [-0.39, 0.29) is 11.9 Å². The van der Waals surface area contributed by atoms with E-state index in [1.54, 1.807) is 12.1 Å². The van der Waals surface area contributed by atoms with E-state index in [4.69, 9.17) is 0 Å². The Labute approximate surface area is 111 Å². The average Bonchev–Trinajstić information content (AvgIpc) is 2.67. The summed E-state index contributed by atoms with van der Waals surface area (Å²) in [5.41, 5.74) is 0.604. The van der Waals surface area contributed by atoms with Gasteiger partial charge in [-0.05, 0) is 32.0 Å². The minimum atomic E-state index is -0.227. The summed E-state index contributed by atoms with van der Waals surface area (Å²) in [4.78, 5) is 0. The Balaban J connectivity index is 2.19. The Morgan fingerprint density at radius 2 is 2.18 bits per heavy atom. The van der Waals surface area contributed by atoms with E-state index in [1.165, 1.54) is 17.4 Å². The summed E-state index contributed by atoms with van der Waals surface area (Å²) in [7, 11) is 0. The number of aryl methyl sites for hydroxylation is 1. The Morgan fingerprint density at radius 1 is 1.41 bits per heavy atom. The first-order valence-corrected chi connectivity index (χ1v) is 6.69. The zero-order valence-electron chi connectivity index (χ0n) is 9.37. The molecule has 0 bridgehead atoms. The smallest absolute Gasteiger partial charge is 0.206 e. The van der Waals surface area contributed by atoms with E-state index in [1.807, 2.05) is 13.8 Å². The molecule has 0 spiro atoms. The van der Waals surface area contributed by atoms with Crippen molar-refractivity contribution in [3.05, 3.63) is 39.1 Å². The van der Waals surface area contributed by atoms with Crippen molar-refractivity contribution in [3.63, 3.8) is 0 Å². The van der Waals surface area contributed by atoms with Crippen molar-refractivity contribution in [1.29, 1.82) is 0 Å². The van der Waals surface area contributed by atoms with Crippen LogP contribution in [-0.2, 0) is 0 Å². The molecular weight excluding hydrogens is 305 g/mol. The third-order valence-electron chi connectivity index (χ3n) is 2.29. The van der Waals surface area contributed by atoms with Gasteiger partial charge in [0.2, 0.25) is 5.13 Å². The number of anilines is 1. The molecule has 0 radical (unpaired) electrons. The lowest BCUT2D eigenvalue weighted by Gasteiger charge is -2.14. The number of benzene rings is 1. The van der Waals surface area contributed by atoms with Crippen molar-refractivity contribution in [2.24, 2.45) is 0 Å². The van der Waals surface area contributed by atoms with Crippen molar-refractivity contribution in [3.8, 4) is 0 Å². The molecule has 1 unspecified atom stereocenters. The average molecular weight is 316 g/mol. The molecule has 0 aliphatic rings. The van der Waals surface area contributed by atoms with Gasteiger partial charge in [0.25, 0.3) is 0 Å². The number of hydrogen-bond acceptors (Lipinski definition) is 4. The molecule has 1 heterocycles. The van der Waals surface area contributed by atoms with Gasteiger partial charge in [-0.1, -0.05) is 27.3 Å². The molecule has 6 heteroatoms. The van der Waals surface area contributed by atoms with Crippen LogP contribution < -0.4 is 5.32 Å². The highest BCUT2D eigenvalue weighted by atomic mass is 79.9. The standard InChI is InChI=1S/C11H11BrFN3S/c1-6(14-11-16-15-7(2)17-11)9-5-8(12)3-4-10(9)13/h3-6H,1-2H3,(H,14,16). The van der Waals surface area contributed by atoms with Crippen molar-refractivity contribution in [2.45, 2.75) is 19.9 Å². The number of hydrogen-bond donors (Lipinski definition) is 1. The number of aromatic nitrogens is 2. The number of halogens is 2. The molecule has 1 aromatic carbocycles. The Hall–Kier alpha value is -1.01. The molecule has 0 aliphatic carbocycles. The van der Waals surface area contributed by atoms with Gasteiger partial charge >= 0.3 is 0 Å². The first kappa shape index (κ1) is 12.4. The molecule has 2 rings (SSSR count). The maximum Gasteiger partial charge on any atom is 0.206 e. The molecule has 0 saturated carbocycles. The summed E-state index contributed by atoms with van der Waals surface area (Å²) in [6, 6.07) is 4.74. The van der Waals surface area contributed by atoms with E-state index in [0.717, 1.165) is 9.48 Å². The predicted molar refractivity (Wildman–Crippen MR) is 70.8 cm³/mol. The number of nitrogens with zero attached hydrogens (tertiary/aromatic N) is 2. The van der Waals surface area contributed by atoms with E-state index < -0.39 is 0 Å². The SMILES string of the molecule is Cc1nnc(NC(C)c2cc(Br)ccc2F)s1. The quantitative estimate of drug-likeness (QED) is 0.932.